The third kappa shape index (κ3) is 5.89. The molecule has 3 N–H and O–H groups in total. The van der Waals surface area contributed by atoms with Crippen LogP contribution in [0, 0.1) is 17.8 Å². The average molecular weight is 465 g/mol. The van der Waals surface area contributed by atoms with Crippen LogP contribution < -0.4 is 16.0 Å². The Balaban J connectivity index is 1.49. The van der Waals surface area contributed by atoms with E-state index in [-0.39, 0.29) is 28.4 Å². The molecular weight excluding hydrogens is 439 g/mol. The van der Waals surface area contributed by atoms with Crippen molar-refractivity contribution >= 4 is 29.1 Å². The number of halogens is 2. The lowest BCUT2D eigenvalue weighted by Gasteiger charge is -2.22. The second-order valence-corrected chi connectivity index (χ2v) is 8.25. The van der Waals surface area contributed by atoms with Crippen LogP contribution in [0.25, 0.3) is 11.3 Å². The van der Waals surface area contributed by atoms with E-state index in [1.165, 1.54) is 18.5 Å². The van der Waals surface area contributed by atoms with Gasteiger partial charge in [-0.05, 0) is 24.8 Å². The standard InChI is InChI=1S/C21H26ClFN6O3/c22-16-10-26-17(29-21(30)14-9-24-3-6-32-12-14)7-15(16)19-20(23)27-11-18(28-19)25-8-13-1-4-31-5-2-13/h7,10-11,13-14,24H,1-6,8-9,12H2,(H,25,28)(H,26,29,30)/t14-/m1/s1. The van der Waals surface area contributed by atoms with Gasteiger partial charge in [0.15, 0.2) is 0 Å². The number of amides is 1. The van der Waals surface area contributed by atoms with Gasteiger partial charge in [-0.1, -0.05) is 11.6 Å². The topological polar surface area (TPSA) is 110 Å². The van der Waals surface area contributed by atoms with Gasteiger partial charge in [0.05, 0.1) is 30.4 Å². The van der Waals surface area contributed by atoms with Gasteiger partial charge in [-0.25, -0.2) is 15.0 Å². The lowest BCUT2D eigenvalue weighted by molar-refractivity contribution is -0.121. The van der Waals surface area contributed by atoms with Crippen LogP contribution in [0.4, 0.5) is 16.0 Å². The fourth-order valence-electron chi connectivity index (χ4n) is 3.62. The first-order valence-electron chi connectivity index (χ1n) is 10.7. The Morgan fingerprint density at radius 2 is 2.03 bits per heavy atom. The highest BCUT2D eigenvalue weighted by Gasteiger charge is 2.22. The number of hydrogen-bond acceptors (Lipinski definition) is 8. The van der Waals surface area contributed by atoms with Gasteiger partial charge in [0.25, 0.3) is 0 Å². The van der Waals surface area contributed by atoms with Gasteiger partial charge in [-0.15, -0.1) is 0 Å². The zero-order chi connectivity index (χ0) is 22.3. The zero-order valence-corrected chi connectivity index (χ0v) is 18.3. The van der Waals surface area contributed by atoms with Gasteiger partial charge < -0.3 is 25.4 Å². The number of ether oxygens (including phenoxy) is 2. The highest BCUT2D eigenvalue weighted by molar-refractivity contribution is 6.33. The first kappa shape index (κ1) is 22.8. The van der Waals surface area contributed by atoms with E-state index >= 15 is 0 Å². The fourth-order valence-corrected chi connectivity index (χ4v) is 3.81. The van der Waals surface area contributed by atoms with Crippen LogP contribution in [0.5, 0.6) is 0 Å². The summed E-state index contributed by atoms with van der Waals surface area (Å²) < 4.78 is 25.4. The predicted molar refractivity (Wildman–Crippen MR) is 118 cm³/mol. The van der Waals surface area contributed by atoms with Crippen LogP contribution in [0.3, 0.4) is 0 Å². The molecule has 0 aliphatic carbocycles. The summed E-state index contributed by atoms with van der Waals surface area (Å²) in [5, 5.41) is 9.33. The van der Waals surface area contributed by atoms with E-state index in [1.54, 1.807) is 0 Å². The van der Waals surface area contributed by atoms with Gasteiger partial charge in [-0.3, -0.25) is 4.79 Å². The summed E-state index contributed by atoms with van der Waals surface area (Å²) in [5.74, 6) is -0.180. The molecule has 2 aliphatic heterocycles. The van der Waals surface area contributed by atoms with Crippen molar-refractivity contribution in [2.24, 2.45) is 11.8 Å². The van der Waals surface area contributed by atoms with Crippen molar-refractivity contribution in [1.82, 2.24) is 20.3 Å². The number of nitrogens with zero attached hydrogens (tertiary/aromatic N) is 3. The van der Waals surface area contributed by atoms with E-state index in [2.05, 4.69) is 30.9 Å². The molecule has 11 heteroatoms. The van der Waals surface area contributed by atoms with E-state index in [0.717, 1.165) is 26.1 Å². The molecule has 0 bridgehead atoms. The summed E-state index contributed by atoms with van der Waals surface area (Å²) in [6, 6.07) is 1.50. The van der Waals surface area contributed by atoms with Gasteiger partial charge >= 0.3 is 0 Å². The molecule has 2 fully saturated rings. The Hall–Kier alpha value is -2.40. The first-order chi connectivity index (χ1) is 15.6. The summed E-state index contributed by atoms with van der Waals surface area (Å²) >= 11 is 6.29. The second-order valence-electron chi connectivity index (χ2n) is 7.85. The lowest BCUT2D eigenvalue weighted by Crippen LogP contribution is -2.33. The minimum Gasteiger partial charge on any atom is -0.381 e. The van der Waals surface area contributed by atoms with Crippen molar-refractivity contribution in [2.75, 3.05) is 56.7 Å². The number of aromatic nitrogens is 3. The quantitative estimate of drug-likeness (QED) is 0.597. The van der Waals surface area contributed by atoms with Gasteiger partial charge in [-0.2, -0.15) is 4.39 Å². The summed E-state index contributed by atoms with van der Waals surface area (Å²) in [4.78, 5) is 24.9. The van der Waals surface area contributed by atoms with Crippen molar-refractivity contribution < 1.29 is 18.7 Å². The Labute approximate surface area is 190 Å². The number of carbonyl (C=O) groups is 1. The van der Waals surface area contributed by atoms with E-state index in [4.69, 9.17) is 21.1 Å². The number of pyridine rings is 1. The van der Waals surface area contributed by atoms with Gasteiger partial charge in [0.1, 0.15) is 17.3 Å². The minimum absolute atomic E-state index is 0.00987. The lowest BCUT2D eigenvalue weighted by atomic mass is 10.0. The van der Waals surface area contributed by atoms with Gasteiger partial charge in [0, 0.05) is 44.6 Å². The molecule has 32 heavy (non-hydrogen) atoms. The number of anilines is 2. The average Bonchev–Trinajstić information content (AvgIpc) is 3.10. The number of hydrogen-bond donors (Lipinski definition) is 3. The Morgan fingerprint density at radius 1 is 1.19 bits per heavy atom. The van der Waals surface area contributed by atoms with E-state index in [1.807, 2.05) is 0 Å². The molecule has 0 saturated carbocycles. The molecule has 0 aromatic carbocycles. The molecule has 2 aliphatic rings. The fraction of sp³-hybridized carbons (Fsp3) is 0.524. The number of nitrogens with one attached hydrogen (secondary N) is 3. The molecule has 1 amide bonds. The molecule has 0 unspecified atom stereocenters. The number of rotatable bonds is 6. The molecule has 4 rings (SSSR count). The summed E-state index contributed by atoms with van der Waals surface area (Å²) in [6.45, 7) is 4.28. The number of carbonyl (C=O) groups excluding carboxylic acids is 1. The highest BCUT2D eigenvalue weighted by atomic mass is 35.5. The van der Waals surface area contributed by atoms with Crippen molar-refractivity contribution in [3.63, 3.8) is 0 Å². The molecule has 0 spiro atoms. The molecule has 172 valence electrons. The maximum Gasteiger partial charge on any atom is 0.239 e. The summed E-state index contributed by atoms with van der Waals surface area (Å²) in [6.07, 6.45) is 4.65. The summed E-state index contributed by atoms with van der Waals surface area (Å²) in [5.41, 5.74) is 0.288. The van der Waals surface area contributed by atoms with E-state index in [0.29, 0.717) is 50.1 Å². The Bertz CT molecular complexity index is 936. The Kier molecular flexibility index (Phi) is 7.80. The minimum atomic E-state index is -0.756. The van der Waals surface area contributed by atoms with Crippen LogP contribution in [0.1, 0.15) is 12.8 Å². The van der Waals surface area contributed by atoms with E-state index in [9.17, 15) is 9.18 Å². The van der Waals surface area contributed by atoms with Crippen molar-refractivity contribution in [2.45, 2.75) is 12.8 Å². The van der Waals surface area contributed by atoms with E-state index < -0.39 is 5.95 Å². The first-order valence-corrected chi connectivity index (χ1v) is 11.1. The van der Waals surface area contributed by atoms with Crippen molar-refractivity contribution in [3.05, 3.63) is 29.4 Å². The Morgan fingerprint density at radius 3 is 2.88 bits per heavy atom. The van der Waals surface area contributed by atoms with Crippen LogP contribution in [-0.2, 0) is 14.3 Å². The highest BCUT2D eigenvalue weighted by Crippen LogP contribution is 2.30. The molecule has 4 heterocycles. The molecule has 0 radical (unpaired) electrons. The molecular formula is C21H26ClFN6O3. The largest absolute Gasteiger partial charge is 0.381 e. The van der Waals surface area contributed by atoms with Crippen LogP contribution in [-0.4, -0.2) is 66.9 Å². The van der Waals surface area contributed by atoms with Crippen molar-refractivity contribution in [1.29, 1.82) is 0 Å². The van der Waals surface area contributed by atoms with Gasteiger partial charge in [0.2, 0.25) is 11.9 Å². The van der Waals surface area contributed by atoms with Crippen LogP contribution >= 0.6 is 11.6 Å². The smallest absolute Gasteiger partial charge is 0.239 e. The summed E-state index contributed by atoms with van der Waals surface area (Å²) in [7, 11) is 0. The zero-order valence-electron chi connectivity index (χ0n) is 17.6. The van der Waals surface area contributed by atoms with Crippen LogP contribution in [0.2, 0.25) is 5.02 Å². The molecule has 2 aromatic rings. The monoisotopic (exact) mass is 464 g/mol. The van der Waals surface area contributed by atoms with Crippen LogP contribution in [0.15, 0.2) is 18.5 Å². The van der Waals surface area contributed by atoms with Crippen molar-refractivity contribution in [3.8, 4) is 11.3 Å². The molecule has 2 aromatic heterocycles. The maximum atomic E-state index is 14.6. The predicted octanol–water partition coefficient (Wildman–Crippen LogP) is 2.34. The maximum absolute atomic E-state index is 14.6. The second kappa shape index (κ2) is 11.0. The third-order valence-electron chi connectivity index (χ3n) is 5.51. The SMILES string of the molecule is O=C(Nc1cc(-c2nc(NCC3CCOCC3)cnc2F)c(Cl)cn1)[C@@H]1CNCCOC1. The molecule has 2 saturated heterocycles. The third-order valence-corrected chi connectivity index (χ3v) is 5.81. The normalized spacial score (nSPS) is 19.9. The molecule has 9 nitrogen and oxygen atoms in total. The molecule has 1 atom stereocenters.